The van der Waals surface area contributed by atoms with Crippen molar-refractivity contribution in [2.45, 2.75) is 39.5 Å². The van der Waals surface area contributed by atoms with Crippen LogP contribution in [0.1, 0.15) is 60.0 Å². The number of carbonyl (C=O) groups is 1. The van der Waals surface area contributed by atoms with E-state index in [9.17, 15) is 18.0 Å². The first-order valence-electron chi connectivity index (χ1n) is 9.42. The molecule has 0 saturated heterocycles. The number of hydrogen-bond acceptors (Lipinski definition) is 5. The number of aryl methyl sites for hydroxylation is 1. The average Bonchev–Trinajstić information content (AvgIpc) is 3.15. The van der Waals surface area contributed by atoms with Crippen LogP contribution in [0.2, 0.25) is 0 Å². The molecule has 0 amide bonds. The summed E-state index contributed by atoms with van der Waals surface area (Å²) in [6.07, 6.45) is -2.36. The van der Waals surface area contributed by atoms with Gasteiger partial charge in [-0.25, -0.2) is 9.37 Å². The molecule has 1 atom stereocenters. The summed E-state index contributed by atoms with van der Waals surface area (Å²) >= 11 is 0. The summed E-state index contributed by atoms with van der Waals surface area (Å²) < 4.78 is 55.9. The van der Waals surface area contributed by atoms with Gasteiger partial charge < -0.3 is 13.9 Å². The molecule has 3 rings (SSSR count). The minimum Gasteiger partial charge on any atom is -0.492 e. The maximum Gasteiger partial charge on any atom is 0.313 e. The van der Waals surface area contributed by atoms with Crippen molar-refractivity contribution in [2.75, 3.05) is 13.7 Å². The van der Waals surface area contributed by atoms with Crippen molar-refractivity contribution in [1.82, 2.24) is 4.98 Å². The molecular weight excluding hydrogens is 399 g/mol. The Morgan fingerprint density at radius 1 is 1.20 bits per heavy atom. The first kappa shape index (κ1) is 21.7. The van der Waals surface area contributed by atoms with E-state index in [1.807, 2.05) is 6.92 Å². The number of alkyl halides is 2. The number of halogens is 3. The molecule has 0 radical (unpaired) electrons. The number of aromatic nitrogens is 1. The molecule has 5 nitrogen and oxygen atoms in total. The zero-order valence-electron chi connectivity index (χ0n) is 17.1. The largest absolute Gasteiger partial charge is 0.492 e. The molecular formula is C22H22F3NO4. The van der Waals surface area contributed by atoms with Gasteiger partial charge in [-0.1, -0.05) is 19.1 Å². The average molecular weight is 421 g/mol. The molecule has 0 fully saturated rings. The molecule has 8 heteroatoms. The normalized spacial score (nSPS) is 12.4. The highest BCUT2D eigenvalue weighted by Crippen LogP contribution is 2.43. The quantitative estimate of drug-likeness (QED) is 0.418. The monoisotopic (exact) mass is 421 g/mol. The fourth-order valence-electron chi connectivity index (χ4n) is 3.39. The summed E-state index contributed by atoms with van der Waals surface area (Å²) in [7, 11) is 1.37. The van der Waals surface area contributed by atoms with E-state index in [1.165, 1.54) is 26.2 Å². The molecule has 0 N–H and O–H groups in total. The lowest BCUT2D eigenvalue weighted by Crippen LogP contribution is -2.08. The second-order valence-electron chi connectivity index (χ2n) is 7.04. The third kappa shape index (κ3) is 4.13. The lowest BCUT2D eigenvalue weighted by Gasteiger charge is -2.17. The van der Waals surface area contributed by atoms with Crippen LogP contribution in [0.25, 0.3) is 11.1 Å². The van der Waals surface area contributed by atoms with E-state index in [0.717, 1.165) is 5.56 Å². The lowest BCUT2D eigenvalue weighted by atomic mass is 9.98. The summed E-state index contributed by atoms with van der Waals surface area (Å²) in [5.41, 5.74) is 1.68. The summed E-state index contributed by atoms with van der Waals surface area (Å²) in [5, 5.41) is 0. The Morgan fingerprint density at radius 2 is 1.87 bits per heavy atom. The van der Waals surface area contributed by atoms with Gasteiger partial charge in [0.1, 0.15) is 11.3 Å². The van der Waals surface area contributed by atoms with Crippen LogP contribution in [-0.2, 0) is 0 Å². The fraction of sp³-hybridized carbons (Fsp3) is 0.364. The van der Waals surface area contributed by atoms with Crippen molar-refractivity contribution < 1.29 is 31.9 Å². The van der Waals surface area contributed by atoms with Gasteiger partial charge in [-0.3, -0.25) is 4.79 Å². The first-order valence-corrected chi connectivity index (χ1v) is 9.42. The summed E-state index contributed by atoms with van der Waals surface area (Å²) in [5.74, 6) is -1.13. The van der Waals surface area contributed by atoms with Crippen molar-refractivity contribution in [1.29, 1.82) is 0 Å². The standard InChI is InChI=1S/C22H22F3NO4/c1-11(14-5-7-15(23)8-6-14)9-10-29-20-18(28-4)16(13(3)27)12(2)17-19(20)30-22(26-17)21(24)25/h5-8,11,21H,9-10H2,1-4H3. The molecule has 160 valence electrons. The van der Waals surface area contributed by atoms with Crippen LogP contribution in [-0.4, -0.2) is 24.5 Å². The first-order chi connectivity index (χ1) is 14.2. The number of Topliss-reactive ketones (excluding diaryl/α,β-unsaturated/α-hetero) is 1. The maximum absolute atomic E-state index is 13.2. The van der Waals surface area contributed by atoms with Gasteiger partial charge in [-0.05, 0) is 49.4 Å². The molecule has 30 heavy (non-hydrogen) atoms. The topological polar surface area (TPSA) is 61.6 Å². The van der Waals surface area contributed by atoms with E-state index in [-0.39, 0.29) is 52.3 Å². The van der Waals surface area contributed by atoms with E-state index in [1.54, 1.807) is 19.1 Å². The maximum atomic E-state index is 13.2. The second kappa shape index (κ2) is 8.77. The third-order valence-corrected chi connectivity index (χ3v) is 4.99. The molecule has 0 saturated carbocycles. The Labute approximate surface area is 171 Å². The molecule has 0 aliphatic heterocycles. The number of ketones is 1. The zero-order valence-corrected chi connectivity index (χ0v) is 17.1. The van der Waals surface area contributed by atoms with Crippen LogP contribution in [0.4, 0.5) is 13.2 Å². The molecule has 1 heterocycles. The molecule has 0 bridgehead atoms. The van der Waals surface area contributed by atoms with Crippen LogP contribution >= 0.6 is 0 Å². The smallest absolute Gasteiger partial charge is 0.313 e. The Kier molecular flexibility index (Phi) is 6.34. The number of rotatable bonds is 8. The molecule has 3 aromatic rings. The van der Waals surface area contributed by atoms with Crippen LogP contribution in [0.3, 0.4) is 0 Å². The van der Waals surface area contributed by atoms with Gasteiger partial charge in [0, 0.05) is 0 Å². The van der Waals surface area contributed by atoms with Gasteiger partial charge in [0.05, 0.1) is 19.3 Å². The minimum absolute atomic E-state index is 0.0130. The number of methoxy groups -OCH3 is 1. The SMILES string of the molecule is COc1c(C(C)=O)c(C)c2nc(C(F)F)oc2c1OCCC(C)c1ccc(F)cc1. The highest BCUT2D eigenvalue weighted by molar-refractivity contribution is 6.05. The van der Waals surface area contributed by atoms with Crippen LogP contribution < -0.4 is 9.47 Å². The Hall–Kier alpha value is -3.03. The Balaban J connectivity index is 1.95. The number of carbonyl (C=O) groups excluding carboxylic acids is 1. The van der Waals surface area contributed by atoms with E-state index >= 15 is 0 Å². The third-order valence-electron chi connectivity index (χ3n) is 4.99. The van der Waals surface area contributed by atoms with Gasteiger partial charge in [-0.2, -0.15) is 8.78 Å². The van der Waals surface area contributed by atoms with Crippen LogP contribution in [0.15, 0.2) is 28.7 Å². The van der Waals surface area contributed by atoms with Crippen molar-refractivity contribution in [3.05, 3.63) is 52.7 Å². The highest BCUT2D eigenvalue weighted by Gasteiger charge is 2.28. The Morgan fingerprint density at radius 3 is 2.43 bits per heavy atom. The van der Waals surface area contributed by atoms with Gasteiger partial charge in [-0.15, -0.1) is 0 Å². The number of ether oxygens (including phenoxy) is 2. The van der Waals surface area contributed by atoms with E-state index in [0.29, 0.717) is 12.0 Å². The lowest BCUT2D eigenvalue weighted by molar-refractivity contribution is 0.101. The predicted octanol–water partition coefficient (Wildman–Crippen LogP) is 6.00. The number of nitrogens with zero attached hydrogens (tertiary/aromatic N) is 1. The van der Waals surface area contributed by atoms with Crippen LogP contribution in [0, 0.1) is 12.7 Å². The predicted molar refractivity (Wildman–Crippen MR) is 105 cm³/mol. The zero-order chi connectivity index (χ0) is 22.0. The molecule has 0 aliphatic rings. The Bertz CT molecular complexity index is 1060. The van der Waals surface area contributed by atoms with Gasteiger partial charge in [0.25, 0.3) is 5.89 Å². The molecule has 1 aromatic heterocycles. The number of hydrogen-bond donors (Lipinski definition) is 0. The minimum atomic E-state index is -2.91. The van der Waals surface area contributed by atoms with E-state index in [4.69, 9.17) is 13.9 Å². The highest BCUT2D eigenvalue weighted by atomic mass is 19.3. The number of fused-ring (bicyclic) bond motifs is 1. The van der Waals surface area contributed by atoms with Crippen molar-refractivity contribution in [3.8, 4) is 11.5 Å². The van der Waals surface area contributed by atoms with Gasteiger partial charge in [0.15, 0.2) is 11.5 Å². The number of benzene rings is 2. The van der Waals surface area contributed by atoms with E-state index < -0.39 is 12.3 Å². The van der Waals surface area contributed by atoms with Crippen molar-refractivity contribution in [3.63, 3.8) is 0 Å². The van der Waals surface area contributed by atoms with Crippen LogP contribution in [0.5, 0.6) is 11.5 Å². The van der Waals surface area contributed by atoms with Gasteiger partial charge in [0.2, 0.25) is 11.3 Å². The molecule has 0 aliphatic carbocycles. The van der Waals surface area contributed by atoms with Crippen molar-refractivity contribution in [2.24, 2.45) is 0 Å². The summed E-state index contributed by atoms with van der Waals surface area (Å²) in [6, 6.07) is 6.17. The molecule has 2 aromatic carbocycles. The molecule has 1 unspecified atom stereocenters. The molecule has 0 spiro atoms. The van der Waals surface area contributed by atoms with E-state index in [2.05, 4.69) is 4.98 Å². The van der Waals surface area contributed by atoms with Gasteiger partial charge >= 0.3 is 6.43 Å². The number of oxazole rings is 1. The second-order valence-corrected chi connectivity index (χ2v) is 7.04. The fourth-order valence-corrected chi connectivity index (χ4v) is 3.39. The summed E-state index contributed by atoms with van der Waals surface area (Å²) in [6.45, 7) is 5.10. The summed E-state index contributed by atoms with van der Waals surface area (Å²) in [4.78, 5) is 16.1. The van der Waals surface area contributed by atoms with Crippen molar-refractivity contribution >= 4 is 16.9 Å².